The third-order valence-corrected chi connectivity index (χ3v) is 4.88. The van der Waals surface area contributed by atoms with Gasteiger partial charge in [-0.3, -0.25) is 4.79 Å². The van der Waals surface area contributed by atoms with Gasteiger partial charge >= 0.3 is 0 Å². The Kier molecular flexibility index (Phi) is 8.21. The summed E-state index contributed by atoms with van der Waals surface area (Å²) in [7, 11) is 1.99. The zero-order chi connectivity index (χ0) is 22.3. The third kappa shape index (κ3) is 5.49. The van der Waals surface area contributed by atoms with Crippen LogP contribution in [0.1, 0.15) is 51.9 Å². The standard InChI is InChI=1S/C19H21N3O2.C2H4O2.C2H6/c1-12-15(13(2)19-20-7-8-22(19)3)4-5-16(12)24-18-10-17-14(11-21-18)6-9-23-17;1-2(3)4;1-2/h7-8,10-11,16H,2,4-6,9H2,1,3H3;1H3,(H,3,4);1-2H3. The van der Waals surface area contributed by atoms with Crippen LogP contribution in [0.5, 0.6) is 11.6 Å². The number of hydrogen-bond acceptors (Lipinski definition) is 5. The molecule has 1 atom stereocenters. The molecule has 7 heteroatoms. The highest BCUT2D eigenvalue weighted by Crippen LogP contribution is 2.37. The summed E-state index contributed by atoms with van der Waals surface area (Å²) < 4.78 is 13.7. The van der Waals surface area contributed by atoms with Gasteiger partial charge in [-0.05, 0) is 30.9 Å². The van der Waals surface area contributed by atoms with Crippen LogP contribution in [-0.2, 0) is 18.3 Å². The van der Waals surface area contributed by atoms with Crippen molar-refractivity contribution >= 4 is 11.5 Å². The average Bonchev–Trinajstić information content (AvgIpc) is 3.43. The molecule has 0 fully saturated rings. The predicted molar refractivity (Wildman–Crippen MR) is 117 cm³/mol. The SMILES string of the molecule is C=C(C1=C(C)C(Oc2cc3c(cn2)CCO3)CC1)c1nccn1C.CC.CC(=O)O. The second kappa shape index (κ2) is 10.6. The number of ether oxygens (including phenoxy) is 2. The number of hydrogen-bond donors (Lipinski definition) is 1. The number of aromatic nitrogens is 3. The Labute approximate surface area is 178 Å². The van der Waals surface area contributed by atoms with Gasteiger partial charge in [-0.2, -0.15) is 0 Å². The molecule has 0 saturated carbocycles. The lowest BCUT2D eigenvalue weighted by Crippen LogP contribution is -2.15. The van der Waals surface area contributed by atoms with Gasteiger partial charge in [0.25, 0.3) is 5.97 Å². The van der Waals surface area contributed by atoms with Crippen LogP contribution in [0.15, 0.2) is 42.4 Å². The van der Waals surface area contributed by atoms with Crippen molar-refractivity contribution in [2.24, 2.45) is 7.05 Å². The van der Waals surface area contributed by atoms with Crippen molar-refractivity contribution in [3.8, 4) is 11.6 Å². The minimum absolute atomic E-state index is 0.0315. The van der Waals surface area contributed by atoms with Crippen LogP contribution in [0.25, 0.3) is 5.57 Å². The number of carboxylic acid groups (broad SMARTS) is 1. The van der Waals surface area contributed by atoms with E-state index in [1.54, 1.807) is 6.20 Å². The summed E-state index contributed by atoms with van der Waals surface area (Å²) in [6, 6.07) is 1.90. The van der Waals surface area contributed by atoms with Gasteiger partial charge in [0.15, 0.2) is 0 Å². The molecule has 2 aromatic heterocycles. The normalized spacial score (nSPS) is 16.5. The number of imidazole rings is 1. The van der Waals surface area contributed by atoms with Crippen molar-refractivity contribution in [2.45, 2.75) is 53.1 Å². The highest BCUT2D eigenvalue weighted by molar-refractivity contribution is 5.75. The van der Waals surface area contributed by atoms with Crippen LogP contribution < -0.4 is 9.47 Å². The quantitative estimate of drug-likeness (QED) is 0.797. The molecule has 30 heavy (non-hydrogen) atoms. The van der Waals surface area contributed by atoms with E-state index in [1.807, 2.05) is 43.9 Å². The zero-order valence-corrected chi connectivity index (χ0v) is 18.4. The number of rotatable bonds is 4. The Hall–Kier alpha value is -3.09. The summed E-state index contributed by atoms with van der Waals surface area (Å²) in [6.45, 7) is 12.2. The summed E-state index contributed by atoms with van der Waals surface area (Å²) in [5.74, 6) is 1.61. The smallest absolute Gasteiger partial charge is 0.300 e. The van der Waals surface area contributed by atoms with Crippen molar-refractivity contribution < 1.29 is 19.4 Å². The Morgan fingerprint density at radius 1 is 1.33 bits per heavy atom. The lowest BCUT2D eigenvalue weighted by atomic mass is 10.0. The number of carbonyl (C=O) groups is 1. The number of carboxylic acids is 1. The minimum atomic E-state index is -0.833. The number of aliphatic carboxylic acids is 1. The number of aryl methyl sites for hydroxylation is 1. The van der Waals surface area contributed by atoms with Crippen LogP contribution >= 0.6 is 0 Å². The fraction of sp³-hybridized carbons (Fsp3) is 0.435. The number of pyridine rings is 1. The summed E-state index contributed by atoms with van der Waals surface area (Å²) in [5, 5.41) is 7.42. The maximum atomic E-state index is 9.00. The Morgan fingerprint density at radius 3 is 2.67 bits per heavy atom. The highest BCUT2D eigenvalue weighted by atomic mass is 16.5. The van der Waals surface area contributed by atoms with E-state index in [9.17, 15) is 0 Å². The molecule has 0 aromatic carbocycles. The molecule has 1 aliphatic heterocycles. The predicted octanol–water partition coefficient (Wildman–Crippen LogP) is 4.44. The second-order valence-corrected chi connectivity index (χ2v) is 6.89. The molecule has 1 N–H and O–H groups in total. The van der Waals surface area contributed by atoms with Gasteiger partial charge in [0.2, 0.25) is 5.88 Å². The topological polar surface area (TPSA) is 86.5 Å². The highest BCUT2D eigenvalue weighted by Gasteiger charge is 2.27. The Bertz CT molecular complexity index is 926. The van der Waals surface area contributed by atoms with Gasteiger partial charge in [-0.15, -0.1) is 0 Å². The molecule has 162 valence electrons. The summed E-state index contributed by atoms with van der Waals surface area (Å²) in [5.41, 5.74) is 4.60. The van der Waals surface area contributed by atoms with E-state index in [0.717, 1.165) is 55.5 Å². The van der Waals surface area contributed by atoms with Crippen LogP contribution in [0.2, 0.25) is 0 Å². The molecular formula is C23H31N3O4. The van der Waals surface area contributed by atoms with Crippen LogP contribution in [0.4, 0.5) is 0 Å². The second-order valence-electron chi connectivity index (χ2n) is 6.89. The molecule has 4 rings (SSSR count). The number of allylic oxidation sites excluding steroid dienone is 2. The average molecular weight is 414 g/mol. The van der Waals surface area contributed by atoms with Gasteiger partial charge in [0.05, 0.1) is 6.61 Å². The van der Waals surface area contributed by atoms with Crippen LogP contribution in [0.3, 0.4) is 0 Å². The Morgan fingerprint density at radius 2 is 2.03 bits per heavy atom. The first-order valence-electron chi connectivity index (χ1n) is 10.2. The first kappa shape index (κ1) is 23.2. The Balaban J connectivity index is 0.000000481. The lowest BCUT2D eigenvalue weighted by molar-refractivity contribution is -0.134. The van der Waals surface area contributed by atoms with E-state index >= 15 is 0 Å². The van der Waals surface area contributed by atoms with Crippen LogP contribution in [0, 0.1) is 0 Å². The summed E-state index contributed by atoms with van der Waals surface area (Å²) >= 11 is 0. The molecule has 0 saturated heterocycles. The van der Waals surface area contributed by atoms with E-state index < -0.39 is 5.97 Å². The molecule has 0 bridgehead atoms. The number of fused-ring (bicyclic) bond motifs is 1. The molecule has 0 spiro atoms. The largest absolute Gasteiger partial charge is 0.493 e. The molecular weight excluding hydrogens is 382 g/mol. The van der Waals surface area contributed by atoms with Crippen molar-refractivity contribution in [1.82, 2.24) is 14.5 Å². The molecule has 1 unspecified atom stereocenters. The summed E-state index contributed by atoms with van der Waals surface area (Å²) in [6.07, 6.45) is 8.44. The van der Waals surface area contributed by atoms with Crippen molar-refractivity contribution in [3.05, 3.63) is 53.8 Å². The first-order valence-corrected chi connectivity index (χ1v) is 10.2. The van der Waals surface area contributed by atoms with Gasteiger partial charge in [-0.1, -0.05) is 20.4 Å². The fourth-order valence-electron chi connectivity index (χ4n) is 3.46. The molecule has 0 amide bonds. The molecule has 1 aliphatic carbocycles. The first-order chi connectivity index (χ1) is 14.4. The van der Waals surface area contributed by atoms with Crippen molar-refractivity contribution in [1.29, 1.82) is 0 Å². The van der Waals surface area contributed by atoms with Crippen molar-refractivity contribution in [3.63, 3.8) is 0 Å². The number of nitrogens with zero attached hydrogens (tertiary/aromatic N) is 3. The summed E-state index contributed by atoms with van der Waals surface area (Å²) in [4.78, 5) is 17.8. The fourth-order valence-corrected chi connectivity index (χ4v) is 3.46. The maximum absolute atomic E-state index is 9.00. The van der Waals surface area contributed by atoms with E-state index in [1.165, 1.54) is 11.1 Å². The lowest BCUT2D eigenvalue weighted by Gasteiger charge is -2.15. The zero-order valence-electron chi connectivity index (χ0n) is 18.4. The van der Waals surface area contributed by atoms with E-state index in [2.05, 4.69) is 23.5 Å². The molecule has 0 radical (unpaired) electrons. The third-order valence-electron chi connectivity index (χ3n) is 4.88. The molecule has 2 aliphatic rings. The van der Waals surface area contributed by atoms with Gasteiger partial charge in [0, 0.05) is 56.2 Å². The molecule has 3 heterocycles. The minimum Gasteiger partial charge on any atom is -0.493 e. The van der Waals surface area contributed by atoms with Gasteiger partial charge in [-0.25, -0.2) is 9.97 Å². The van der Waals surface area contributed by atoms with E-state index in [0.29, 0.717) is 5.88 Å². The maximum Gasteiger partial charge on any atom is 0.300 e. The molecule has 7 nitrogen and oxygen atoms in total. The van der Waals surface area contributed by atoms with Crippen LogP contribution in [-0.4, -0.2) is 38.3 Å². The van der Waals surface area contributed by atoms with Crippen molar-refractivity contribution in [2.75, 3.05) is 6.61 Å². The van der Waals surface area contributed by atoms with Gasteiger partial charge in [0.1, 0.15) is 17.7 Å². The van der Waals surface area contributed by atoms with Gasteiger partial charge < -0.3 is 19.1 Å². The van der Waals surface area contributed by atoms with E-state index in [4.69, 9.17) is 19.4 Å². The van der Waals surface area contributed by atoms with E-state index in [-0.39, 0.29) is 6.10 Å². The molecule has 2 aromatic rings. The monoisotopic (exact) mass is 413 g/mol.